The average Bonchev–Trinajstić information content (AvgIpc) is 2.72. The molecule has 0 spiro atoms. The van der Waals surface area contributed by atoms with Gasteiger partial charge >= 0.3 is 18.2 Å². The average molecular weight is 493 g/mol. The van der Waals surface area contributed by atoms with Crippen LogP contribution in [0.2, 0.25) is 0 Å². The number of rotatable bonds is 13. The molecule has 1 aromatic rings. The van der Waals surface area contributed by atoms with Gasteiger partial charge in [-0.05, 0) is 72.8 Å². The van der Waals surface area contributed by atoms with Crippen LogP contribution in [-0.2, 0) is 20.8 Å². The summed E-state index contributed by atoms with van der Waals surface area (Å²) in [6.07, 6.45) is 2.83. The van der Waals surface area contributed by atoms with Gasteiger partial charge in [-0.2, -0.15) is 0 Å². The number of carbonyl (C=O) groups excluding carboxylic acids is 2. The van der Waals surface area contributed by atoms with Crippen LogP contribution in [0.5, 0.6) is 0 Å². The van der Waals surface area contributed by atoms with Crippen LogP contribution in [-0.4, -0.2) is 63.9 Å². The summed E-state index contributed by atoms with van der Waals surface area (Å²) in [5, 5.41) is 8.80. The highest BCUT2D eigenvalue weighted by molar-refractivity contribution is 5.68. The number of amides is 2. The Hall–Kier alpha value is -2.77. The van der Waals surface area contributed by atoms with Gasteiger partial charge in [-0.25, -0.2) is 9.59 Å². The van der Waals surface area contributed by atoms with E-state index < -0.39 is 17.2 Å². The maximum Gasteiger partial charge on any atom is 0.410 e. The first-order valence-corrected chi connectivity index (χ1v) is 12.5. The molecule has 8 heteroatoms. The van der Waals surface area contributed by atoms with Crippen molar-refractivity contribution in [3.63, 3.8) is 0 Å². The van der Waals surface area contributed by atoms with Gasteiger partial charge in [0.25, 0.3) is 0 Å². The van der Waals surface area contributed by atoms with Crippen LogP contribution in [0.15, 0.2) is 30.3 Å². The summed E-state index contributed by atoms with van der Waals surface area (Å²) in [5.41, 5.74) is -0.155. The fourth-order valence-corrected chi connectivity index (χ4v) is 3.35. The van der Waals surface area contributed by atoms with E-state index in [2.05, 4.69) is 0 Å². The van der Waals surface area contributed by atoms with Crippen molar-refractivity contribution >= 4 is 18.2 Å². The van der Waals surface area contributed by atoms with Crippen molar-refractivity contribution in [2.75, 3.05) is 19.6 Å². The maximum atomic E-state index is 12.8. The summed E-state index contributed by atoms with van der Waals surface area (Å²) in [6, 6.07) is 9.78. The lowest BCUT2D eigenvalue weighted by Crippen LogP contribution is -2.39. The predicted octanol–water partition coefficient (Wildman–Crippen LogP) is 6.09. The topological polar surface area (TPSA) is 96.4 Å². The van der Waals surface area contributed by atoms with E-state index in [1.54, 1.807) is 9.80 Å². The summed E-state index contributed by atoms with van der Waals surface area (Å²) in [5.74, 6) is -0.806. The largest absolute Gasteiger partial charge is 0.481 e. The third-order valence-electron chi connectivity index (χ3n) is 4.94. The minimum absolute atomic E-state index is 0.133. The molecule has 8 nitrogen and oxygen atoms in total. The molecule has 0 aliphatic heterocycles. The highest BCUT2D eigenvalue weighted by atomic mass is 16.6. The van der Waals surface area contributed by atoms with Crippen LogP contribution in [0.4, 0.5) is 9.59 Å². The first kappa shape index (κ1) is 30.3. The number of nitrogens with zero attached hydrogens (tertiary/aromatic N) is 2. The monoisotopic (exact) mass is 492 g/mol. The van der Waals surface area contributed by atoms with Crippen LogP contribution in [0.1, 0.15) is 85.6 Å². The van der Waals surface area contributed by atoms with Crippen molar-refractivity contribution in [2.24, 2.45) is 0 Å². The number of aliphatic carboxylic acids is 1. The second-order valence-corrected chi connectivity index (χ2v) is 10.8. The summed E-state index contributed by atoms with van der Waals surface area (Å²) >= 11 is 0. The van der Waals surface area contributed by atoms with Gasteiger partial charge in [0.15, 0.2) is 0 Å². The van der Waals surface area contributed by atoms with Crippen LogP contribution >= 0.6 is 0 Å². The van der Waals surface area contributed by atoms with Gasteiger partial charge in [-0.1, -0.05) is 36.8 Å². The molecule has 0 saturated carbocycles. The second-order valence-electron chi connectivity index (χ2n) is 10.8. The van der Waals surface area contributed by atoms with E-state index in [1.165, 1.54) is 0 Å². The quantitative estimate of drug-likeness (QED) is 0.335. The molecule has 0 aliphatic rings. The van der Waals surface area contributed by atoms with Crippen LogP contribution < -0.4 is 0 Å². The van der Waals surface area contributed by atoms with Gasteiger partial charge in [-0.15, -0.1) is 0 Å². The van der Waals surface area contributed by atoms with Crippen LogP contribution in [0.3, 0.4) is 0 Å². The highest BCUT2D eigenvalue weighted by Gasteiger charge is 2.24. The van der Waals surface area contributed by atoms with Crippen LogP contribution in [0.25, 0.3) is 0 Å². The Morgan fingerprint density at radius 3 is 1.66 bits per heavy atom. The summed E-state index contributed by atoms with van der Waals surface area (Å²) in [4.78, 5) is 39.6. The van der Waals surface area contributed by atoms with Crippen molar-refractivity contribution in [1.82, 2.24) is 9.80 Å². The number of ether oxygens (including phenoxy) is 2. The normalized spacial score (nSPS) is 11.6. The molecule has 0 atom stereocenters. The van der Waals surface area contributed by atoms with Crippen molar-refractivity contribution in [3.05, 3.63) is 35.9 Å². The minimum Gasteiger partial charge on any atom is -0.481 e. The SMILES string of the molecule is CC(C)(C)OC(=O)N(CCCCCC(=O)O)CCCCN(Cc1ccccc1)C(=O)OC(C)(C)C. The summed E-state index contributed by atoms with van der Waals surface area (Å²) in [7, 11) is 0. The Balaban J connectivity index is 2.68. The Bertz CT molecular complexity index is 783. The minimum atomic E-state index is -0.806. The van der Waals surface area contributed by atoms with Gasteiger partial charge in [-0.3, -0.25) is 4.79 Å². The molecule has 0 saturated heterocycles. The third-order valence-corrected chi connectivity index (χ3v) is 4.94. The van der Waals surface area contributed by atoms with E-state index in [1.807, 2.05) is 71.9 Å². The standard InChI is InChI=1S/C27H44N2O6/c1-26(2,3)34-24(32)28(18-12-8-11-17-23(30)31)19-13-14-20-29(25(33)35-27(4,5)6)21-22-15-9-7-10-16-22/h7,9-10,15-16H,8,11-14,17-21H2,1-6H3,(H,30,31). The zero-order chi connectivity index (χ0) is 26.5. The molecule has 0 aliphatic carbocycles. The van der Waals surface area contributed by atoms with Crippen molar-refractivity contribution in [3.8, 4) is 0 Å². The molecule has 198 valence electrons. The van der Waals surface area contributed by atoms with Gasteiger partial charge in [0.2, 0.25) is 0 Å². The first-order valence-electron chi connectivity index (χ1n) is 12.5. The molecule has 35 heavy (non-hydrogen) atoms. The van der Waals surface area contributed by atoms with Gasteiger partial charge in [0, 0.05) is 32.6 Å². The van der Waals surface area contributed by atoms with Crippen molar-refractivity contribution < 1.29 is 29.0 Å². The van der Waals surface area contributed by atoms with E-state index in [0.717, 1.165) is 12.0 Å². The van der Waals surface area contributed by atoms with Gasteiger partial charge in [0.05, 0.1) is 0 Å². The fourth-order valence-electron chi connectivity index (χ4n) is 3.35. The number of carbonyl (C=O) groups is 3. The number of carboxylic acid groups (broad SMARTS) is 1. The molecule has 1 rings (SSSR count). The smallest absolute Gasteiger partial charge is 0.410 e. The van der Waals surface area contributed by atoms with Crippen molar-refractivity contribution in [2.45, 2.75) is 97.8 Å². The number of hydrogen-bond donors (Lipinski definition) is 1. The fraction of sp³-hybridized carbons (Fsp3) is 0.667. The molecule has 0 unspecified atom stereocenters. The lowest BCUT2D eigenvalue weighted by atomic mass is 10.1. The Morgan fingerprint density at radius 2 is 1.17 bits per heavy atom. The molecule has 2 amide bonds. The van der Waals surface area contributed by atoms with E-state index in [0.29, 0.717) is 51.9 Å². The van der Waals surface area contributed by atoms with E-state index >= 15 is 0 Å². The molecule has 0 aromatic heterocycles. The molecule has 0 radical (unpaired) electrons. The Morgan fingerprint density at radius 1 is 0.714 bits per heavy atom. The second kappa shape index (κ2) is 14.6. The maximum absolute atomic E-state index is 12.8. The number of hydrogen-bond acceptors (Lipinski definition) is 5. The molecule has 0 heterocycles. The van der Waals surface area contributed by atoms with Crippen molar-refractivity contribution in [1.29, 1.82) is 0 Å². The lowest BCUT2D eigenvalue weighted by Gasteiger charge is -2.29. The summed E-state index contributed by atoms with van der Waals surface area (Å²) in [6.45, 7) is 13.0. The zero-order valence-corrected chi connectivity index (χ0v) is 22.3. The highest BCUT2D eigenvalue weighted by Crippen LogP contribution is 2.15. The predicted molar refractivity (Wildman–Crippen MR) is 136 cm³/mol. The van der Waals surface area contributed by atoms with E-state index in [-0.39, 0.29) is 18.6 Å². The van der Waals surface area contributed by atoms with E-state index in [4.69, 9.17) is 14.6 Å². The van der Waals surface area contributed by atoms with E-state index in [9.17, 15) is 14.4 Å². The third kappa shape index (κ3) is 15.0. The zero-order valence-electron chi connectivity index (χ0n) is 22.3. The van der Waals surface area contributed by atoms with Gasteiger partial charge < -0.3 is 24.4 Å². The molecule has 0 bridgehead atoms. The molecule has 0 fully saturated rings. The van der Waals surface area contributed by atoms with Crippen LogP contribution in [0, 0.1) is 0 Å². The Kier molecular flexibility index (Phi) is 12.6. The molecule has 1 N–H and O–H groups in total. The van der Waals surface area contributed by atoms with Gasteiger partial charge in [0.1, 0.15) is 11.2 Å². The lowest BCUT2D eigenvalue weighted by molar-refractivity contribution is -0.137. The molecule has 1 aromatic carbocycles. The first-order chi connectivity index (χ1) is 16.3. The number of unbranched alkanes of at least 4 members (excludes halogenated alkanes) is 3. The molecular weight excluding hydrogens is 448 g/mol. The molecular formula is C27H44N2O6. The number of carboxylic acids is 1. The number of benzene rings is 1. The summed E-state index contributed by atoms with van der Waals surface area (Å²) < 4.78 is 11.2. The Labute approximate surface area is 210 Å².